The molecule has 5 nitrogen and oxygen atoms in total. The molecule has 1 aromatic rings. The lowest BCUT2D eigenvalue weighted by Gasteiger charge is -2.38. The van der Waals surface area contributed by atoms with Crippen LogP contribution < -0.4 is 10.6 Å². The van der Waals surface area contributed by atoms with Crippen LogP contribution in [0.1, 0.15) is 45.4 Å². The summed E-state index contributed by atoms with van der Waals surface area (Å²) < 4.78 is 4.38. The Bertz CT molecular complexity index is 431. The van der Waals surface area contributed by atoms with E-state index < -0.39 is 0 Å². The minimum Gasteiger partial charge on any atom is -0.387 e. The summed E-state index contributed by atoms with van der Waals surface area (Å²) in [5.41, 5.74) is 5.53. The number of anilines is 1. The maximum absolute atomic E-state index is 7.65. The Morgan fingerprint density at radius 1 is 1.44 bits per heavy atom. The van der Waals surface area contributed by atoms with Gasteiger partial charge in [-0.2, -0.15) is 4.37 Å². The van der Waals surface area contributed by atoms with Gasteiger partial charge in [-0.05, 0) is 12.8 Å². The molecule has 100 valence electrons. The maximum atomic E-state index is 7.65. The molecule has 1 aromatic heterocycles. The molecular formula is C12H21N5S. The van der Waals surface area contributed by atoms with Gasteiger partial charge in [0, 0.05) is 36.0 Å². The Kier molecular flexibility index (Phi) is 3.56. The first kappa shape index (κ1) is 13.3. The Hall–Kier alpha value is -1.17. The largest absolute Gasteiger partial charge is 0.387 e. The predicted molar refractivity (Wildman–Crippen MR) is 75.5 cm³/mol. The number of nitrogens with two attached hydrogens (primary N) is 1. The average Bonchev–Trinajstić information content (AvgIpc) is 2.79. The summed E-state index contributed by atoms with van der Waals surface area (Å²) in [6.45, 7) is 8.10. The van der Waals surface area contributed by atoms with E-state index in [1.807, 2.05) is 0 Å². The number of piperidine rings is 1. The van der Waals surface area contributed by atoms with Crippen LogP contribution in [0.15, 0.2) is 0 Å². The lowest BCUT2D eigenvalue weighted by molar-refractivity contribution is 0.351. The third kappa shape index (κ3) is 2.48. The molecular weight excluding hydrogens is 246 g/mol. The van der Waals surface area contributed by atoms with Crippen molar-refractivity contribution in [3.63, 3.8) is 0 Å². The zero-order valence-corrected chi connectivity index (χ0v) is 12.0. The molecule has 0 atom stereocenters. The molecule has 0 aromatic carbocycles. The van der Waals surface area contributed by atoms with E-state index in [4.69, 9.17) is 11.1 Å². The van der Waals surface area contributed by atoms with Crippen LogP contribution in [0, 0.1) is 10.8 Å². The minimum atomic E-state index is -0.137. The van der Waals surface area contributed by atoms with Crippen molar-refractivity contribution in [2.24, 2.45) is 11.1 Å². The predicted octanol–water partition coefficient (Wildman–Crippen LogP) is 2.20. The summed E-state index contributed by atoms with van der Waals surface area (Å²) in [5, 5.41) is 8.65. The van der Waals surface area contributed by atoms with E-state index in [1.165, 1.54) is 11.5 Å². The first-order valence-corrected chi connectivity index (χ1v) is 7.13. The number of rotatable bonds is 3. The molecule has 2 rings (SSSR count). The number of aromatic nitrogens is 2. The molecule has 0 radical (unpaired) electrons. The molecule has 1 aliphatic rings. The number of nitrogens with zero attached hydrogens (tertiary/aromatic N) is 3. The highest BCUT2D eigenvalue weighted by atomic mass is 32.1. The summed E-state index contributed by atoms with van der Waals surface area (Å²) in [4.78, 5) is 6.83. The second-order valence-corrected chi connectivity index (χ2v) is 6.28. The lowest BCUT2D eigenvalue weighted by atomic mass is 9.79. The SMILES string of the molecule is CC(C)c1nsc(N2CCC(C)(C(=N)N)CC2)n1. The molecule has 0 unspecified atom stereocenters. The van der Waals surface area contributed by atoms with Gasteiger partial charge in [0.15, 0.2) is 0 Å². The van der Waals surface area contributed by atoms with E-state index in [2.05, 4.69) is 35.0 Å². The second kappa shape index (κ2) is 4.84. The number of nitrogens with one attached hydrogen (secondary N) is 1. The van der Waals surface area contributed by atoms with Crippen LogP contribution in [0.25, 0.3) is 0 Å². The zero-order chi connectivity index (χ0) is 13.3. The fourth-order valence-electron chi connectivity index (χ4n) is 2.05. The van der Waals surface area contributed by atoms with E-state index in [1.54, 1.807) is 0 Å². The van der Waals surface area contributed by atoms with Crippen molar-refractivity contribution in [2.45, 2.75) is 39.5 Å². The van der Waals surface area contributed by atoms with Crippen molar-refractivity contribution in [1.29, 1.82) is 5.41 Å². The average molecular weight is 267 g/mol. The van der Waals surface area contributed by atoms with Crippen LogP contribution in [0.3, 0.4) is 0 Å². The van der Waals surface area contributed by atoms with E-state index in [0.29, 0.717) is 11.8 Å². The molecule has 0 amide bonds. The molecule has 0 bridgehead atoms. The highest BCUT2D eigenvalue weighted by molar-refractivity contribution is 7.09. The highest BCUT2D eigenvalue weighted by Gasteiger charge is 2.33. The molecule has 3 N–H and O–H groups in total. The molecule has 18 heavy (non-hydrogen) atoms. The number of amidine groups is 1. The van der Waals surface area contributed by atoms with Gasteiger partial charge in [0.2, 0.25) is 5.13 Å². The van der Waals surface area contributed by atoms with Gasteiger partial charge >= 0.3 is 0 Å². The maximum Gasteiger partial charge on any atom is 0.205 e. The Morgan fingerprint density at radius 3 is 2.50 bits per heavy atom. The molecule has 1 aliphatic heterocycles. The summed E-state index contributed by atoms with van der Waals surface area (Å²) in [7, 11) is 0. The normalized spacial score (nSPS) is 19.2. The molecule has 1 saturated heterocycles. The summed E-state index contributed by atoms with van der Waals surface area (Å²) in [6, 6.07) is 0. The first-order valence-electron chi connectivity index (χ1n) is 6.35. The van der Waals surface area contributed by atoms with E-state index in [9.17, 15) is 0 Å². The van der Waals surface area contributed by atoms with Gasteiger partial charge in [-0.25, -0.2) is 4.98 Å². The minimum absolute atomic E-state index is 0.137. The van der Waals surface area contributed by atoms with Crippen molar-refractivity contribution in [1.82, 2.24) is 9.36 Å². The summed E-state index contributed by atoms with van der Waals surface area (Å²) in [6.07, 6.45) is 1.83. The van der Waals surface area contributed by atoms with Crippen molar-refractivity contribution >= 4 is 22.5 Å². The van der Waals surface area contributed by atoms with Crippen molar-refractivity contribution in [3.05, 3.63) is 5.82 Å². The van der Waals surface area contributed by atoms with Crippen molar-refractivity contribution < 1.29 is 0 Å². The van der Waals surface area contributed by atoms with E-state index >= 15 is 0 Å². The molecule has 0 saturated carbocycles. The summed E-state index contributed by atoms with van der Waals surface area (Å²) >= 11 is 1.47. The van der Waals surface area contributed by atoms with Gasteiger partial charge in [0.1, 0.15) is 5.82 Å². The van der Waals surface area contributed by atoms with Crippen LogP contribution in [0.2, 0.25) is 0 Å². The fourth-order valence-corrected chi connectivity index (χ4v) is 2.91. The molecule has 6 heteroatoms. The van der Waals surface area contributed by atoms with Crippen LogP contribution in [-0.4, -0.2) is 28.3 Å². The van der Waals surface area contributed by atoms with Crippen LogP contribution in [-0.2, 0) is 0 Å². The zero-order valence-electron chi connectivity index (χ0n) is 11.2. The van der Waals surface area contributed by atoms with Gasteiger partial charge < -0.3 is 10.6 Å². The van der Waals surface area contributed by atoms with Crippen LogP contribution in [0.4, 0.5) is 5.13 Å². The van der Waals surface area contributed by atoms with E-state index in [0.717, 1.165) is 36.9 Å². The molecule has 0 aliphatic carbocycles. The standard InChI is InChI=1S/C12H21N5S/c1-8(2)9-15-11(18-16-9)17-6-4-12(3,5-7-17)10(13)14/h8H,4-7H2,1-3H3,(H3,13,14). The third-order valence-corrected chi connectivity index (χ3v) is 4.53. The first-order chi connectivity index (χ1) is 8.42. The fraction of sp³-hybridized carbons (Fsp3) is 0.750. The van der Waals surface area contributed by atoms with Gasteiger partial charge in [0.25, 0.3) is 0 Å². The molecule has 0 spiro atoms. The third-order valence-electron chi connectivity index (χ3n) is 3.74. The van der Waals surface area contributed by atoms with Crippen molar-refractivity contribution in [2.75, 3.05) is 18.0 Å². The Balaban J connectivity index is 2.03. The second-order valence-electron chi connectivity index (χ2n) is 5.55. The quantitative estimate of drug-likeness (QED) is 0.650. The smallest absolute Gasteiger partial charge is 0.205 e. The highest BCUT2D eigenvalue weighted by Crippen LogP contribution is 2.33. The van der Waals surface area contributed by atoms with E-state index in [-0.39, 0.29) is 5.41 Å². The Labute approximate surface area is 112 Å². The summed E-state index contributed by atoms with van der Waals surface area (Å²) in [5.74, 6) is 1.61. The molecule has 2 heterocycles. The van der Waals surface area contributed by atoms with Gasteiger partial charge in [-0.1, -0.05) is 20.8 Å². The lowest BCUT2D eigenvalue weighted by Crippen LogP contribution is -2.45. The Morgan fingerprint density at radius 2 is 2.06 bits per heavy atom. The molecule has 1 fully saturated rings. The van der Waals surface area contributed by atoms with Gasteiger partial charge in [-0.15, -0.1) is 0 Å². The van der Waals surface area contributed by atoms with Crippen molar-refractivity contribution in [3.8, 4) is 0 Å². The van der Waals surface area contributed by atoms with Gasteiger partial charge in [0.05, 0.1) is 5.84 Å². The monoisotopic (exact) mass is 267 g/mol. The number of hydrogen-bond acceptors (Lipinski definition) is 5. The van der Waals surface area contributed by atoms with Crippen LogP contribution in [0.5, 0.6) is 0 Å². The topological polar surface area (TPSA) is 78.9 Å². The number of hydrogen-bond donors (Lipinski definition) is 2. The van der Waals surface area contributed by atoms with Gasteiger partial charge in [-0.3, -0.25) is 5.41 Å². The van der Waals surface area contributed by atoms with Crippen LogP contribution >= 0.6 is 11.5 Å².